The summed E-state index contributed by atoms with van der Waals surface area (Å²) in [5, 5.41) is 6.45. The fraction of sp³-hybridized carbons (Fsp3) is 0.611. The number of piperidine rings is 1. The van der Waals surface area contributed by atoms with Gasteiger partial charge in [0.25, 0.3) is 5.91 Å². The van der Waals surface area contributed by atoms with Gasteiger partial charge in [0, 0.05) is 6.54 Å². The lowest BCUT2D eigenvalue weighted by Gasteiger charge is -2.34. The van der Waals surface area contributed by atoms with Crippen LogP contribution in [0.1, 0.15) is 38.7 Å². The molecule has 1 saturated heterocycles. The molecule has 0 radical (unpaired) electrons. The fourth-order valence-electron chi connectivity index (χ4n) is 2.80. The quantitative estimate of drug-likeness (QED) is 0.849. The van der Waals surface area contributed by atoms with Gasteiger partial charge in [0.2, 0.25) is 0 Å². The van der Waals surface area contributed by atoms with E-state index in [-0.39, 0.29) is 11.3 Å². The van der Waals surface area contributed by atoms with E-state index >= 15 is 0 Å². The molecular formula is C18H28N2O2. The molecule has 0 aromatic heterocycles. The van der Waals surface area contributed by atoms with Gasteiger partial charge < -0.3 is 15.4 Å². The van der Waals surface area contributed by atoms with Gasteiger partial charge in [-0.1, -0.05) is 26.0 Å². The Bertz CT molecular complexity index is 496. The molecule has 1 aliphatic heterocycles. The van der Waals surface area contributed by atoms with Gasteiger partial charge in [0.1, 0.15) is 5.75 Å². The van der Waals surface area contributed by atoms with Crippen LogP contribution in [0, 0.1) is 12.3 Å². The number of amides is 1. The first-order valence-corrected chi connectivity index (χ1v) is 8.24. The van der Waals surface area contributed by atoms with E-state index in [1.54, 1.807) is 0 Å². The Morgan fingerprint density at radius 1 is 1.41 bits per heavy atom. The van der Waals surface area contributed by atoms with E-state index in [9.17, 15) is 4.79 Å². The molecule has 2 N–H and O–H groups in total. The third-order valence-electron chi connectivity index (χ3n) is 4.43. The van der Waals surface area contributed by atoms with E-state index in [4.69, 9.17) is 4.74 Å². The Labute approximate surface area is 133 Å². The highest BCUT2D eigenvalue weighted by Gasteiger charge is 2.28. The number of ether oxygens (including phenoxy) is 1. The van der Waals surface area contributed by atoms with Crippen molar-refractivity contribution in [2.45, 2.75) is 46.1 Å². The van der Waals surface area contributed by atoms with E-state index < -0.39 is 6.10 Å². The first-order chi connectivity index (χ1) is 10.5. The zero-order chi connectivity index (χ0) is 16.0. The van der Waals surface area contributed by atoms with Crippen LogP contribution in [0.15, 0.2) is 24.3 Å². The molecule has 1 aromatic carbocycles. The van der Waals surface area contributed by atoms with Crippen LogP contribution in [0.2, 0.25) is 0 Å². The van der Waals surface area contributed by atoms with E-state index in [1.807, 2.05) is 38.1 Å². The number of nitrogens with one attached hydrogen (secondary N) is 2. The van der Waals surface area contributed by atoms with Crippen molar-refractivity contribution in [1.29, 1.82) is 0 Å². The molecule has 1 heterocycles. The van der Waals surface area contributed by atoms with Gasteiger partial charge in [0.05, 0.1) is 0 Å². The predicted octanol–water partition coefficient (Wildman–Crippen LogP) is 2.66. The number of carbonyl (C=O) groups is 1. The zero-order valence-electron chi connectivity index (χ0n) is 13.9. The van der Waals surface area contributed by atoms with Gasteiger partial charge in [-0.25, -0.2) is 0 Å². The first-order valence-electron chi connectivity index (χ1n) is 8.24. The number of benzene rings is 1. The highest BCUT2D eigenvalue weighted by atomic mass is 16.5. The fourth-order valence-corrected chi connectivity index (χ4v) is 2.80. The first kappa shape index (κ1) is 16.8. The molecule has 4 heteroatoms. The second-order valence-electron chi connectivity index (χ2n) is 6.61. The lowest BCUT2D eigenvalue weighted by Crippen LogP contribution is -2.46. The smallest absolute Gasteiger partial charge is 0.261 e. The van der Waals surface area contributed by atoms with E-state index in [0.717, 1.165) is 43.8 Å². The maximum Gasteiger partial charge on any atom is 0.261 e. The van der Waals surface area contributed by atoms with Crippen LogP contribution in [0.3, 0.4) is 0 Å². The van der Waals surface area contributed by atoms with Crippen molar-refractivity contribution in [1.82, 2.24) is 10.6 Å². The Balaban J connectivity index is 1.88. The van der Waals surface area contributed by atoms with Crippen molar-refractivity contribution in [3.63, 3.8) is 0 Å². The van der Waals surface area contributed by atoms with E-state index in [1.165, 1.54) is 0 Å². The molecule has 2 rings (SSSR count). The predicted molar refractivity (Wildman–Crippen MR) is 89.1 cm³/mol. The zero-order valence-corrected chi connectivity index (χ0v) is 13.9. The van der Waals surface area contributed by atoms with Crippen molar-refractivity contribution in [2.24, 2.45) is 5.41 Å². The van der Waals surface area contributed by atoms with Crippen molar-refractivity contribution in [3.05, 3.63) is 29.8 Å². The van der Waals surface area contributed by atoms with Gasteiger partial charge >= 0.3 is 0 Å². The van der Waals surface area contributed by atoms with Crippen molar-refractivity contribution < 1.29 is 9.53 Å². The maximum atomic E-state index is 12.4. The second kappa shape index (κ2) is 7.63. The molecule has 22 heavy (non-hydrogen) atoms. The van der Waals surface area contributed by atoms with Crippen molar-refractivity contribution >= 4 is 5.91 Å². The number of hydrogen-bond acceptors (Lipinski definition) is 3. The van der Waals surface area contributed by atoms with Gasteiger partial charge in [-0.2, -0.15) is 0 Å². The minimum absolute atomic E-state index is 0.0104. The molecule has 1 aliphatic rings. The summed E-state index contributed by atoms with van der Waals surface area (Å²) in [6.07, 6.45) is 2.44. The van der Waals surface area contributed by atoms with Crippen LogP contribution >= 0.6 is 0 Å². The largest absolute Gasteiger partial charge is 0.481 e. The minimum atomic E-state index is -0.424. The summed E-state index contributed by atoms with van der Waals surface area (Å²) in [4.78, 5) is 12.4. The average Bonchev–Trinajstić information content (AvgIpc) is 2.51. The summed E-state index contributed by atoms with van der Waals surface area (Å²) in [6, 6.07) is 7.83. The molecule has 4 nitrogen and oxygen atoms in total. The third kappa shape index (κ3) is 4.73. The number of hydrogen-bond donors (Lipinski definition) is 2. The summed E-state index contributed by atoms with van der Waals surface area (Å²) < 4.78 is 5.85. The van der Waals surface area contributed by atoms with Gasteiger partial charge in [-0.15, -0.1) is 0 Å². The van der Waals surface area contributed by atoms with Gasteiger partial charge in [-0.3, -0.25) is 4.79 Å². The van der Waals surface area contributed by atoms with Crippen LogP contribution in [0.25, 0.3) is 0 Å². The van der Waals surface area contributed by atoms with Gasteiger partial charge in [0.15, 0.2) is 6.10 Å². The number of carbonyl (C=O) groups excluding carboxylic acids is 1. The molecule has 1 unspecified atom stereocenters. The summed E-state index contributed by atoms with van der Waals surface area (Å²) >= 11 is 0. The Morgan fingerprint density at radius 2 is 2.14 bits per heavy atom. The summed E-state index contributed by atoms with van der Waals surface area (Å²) in [5.41, 5.74) is 1.33. The standard InChI is InChI=1S/C18H28N2O2/c1-4-16(22-15-7-5-6-14(2)12-15)17(21)20-13-18(3)8-10-19-11-9-18/h5-7,12,16,19H,4,8-11,13H2,1-3H3,(H,20,21). The van der Waals surface area contributed by atoms with Crippen LogP contribution < -0.4 is 15.4 Å². The molecule has 0 aliphatic carbocycles. The topological polar surface area (TPSA) is 50.4 Å². The summed E-state index contributed by atoms with van der Waals surface area (Å²) in [5.74, 6) is 0.749. The lowest BCUT2D eigenvalue weighted by atomic mass is 9.81. The molecule has 1 amide bonds. The molecule has 122 valence electrons. The molecular weight excluding hydrogens is 276 g/mol. The highest BCUT2D eigenvalue weighted by Crippen LogP contribution is 2.26. The normalized spacial score (nSPS) is 18.5. The van der Waals surface area contributed by atoms with Gasteiger partial charge in [-0.05, 0) is 62.4 Å². The van der Waals surface area contributed by atoms with Crippen LogP contribution in [-0.2, 0) is 4.79 Å². The maximum absolute atomic E-state index is 12.4. The molecule has 1 atom stereocenters. The molecule has 0 spiro atoms. The Morgan fingerprint density at radius 3 is 2.77 bits per heavy atom. The van der Waals surface area contributed by atoms with E-state index in [0.29, 0.717) is 6.42 Å². The van der Waals surface area contributed by atoms with Crippen molar-refractivity contribution in [3.8, 4) is 5.75 Å². The lowest BCUT2D eigenvalue weighted by molar-refractivity contribution is -0.128. The Hall–Kier alpha value is -1.55. The SMILES string of the molecule is CCC(Oc1cccc(C)c1)C(=O)NCC1(C)CCNCC1. The van der Waals surface area contributed by atoms with Crippen LogP contribution in [-0.4, -0.2) is 31.6 Å². The van der Waals surface area contributed by atoms with Crippen molar-refractivity contribution in [2.75, 3.05) is 19.6 Å². The monoisotopic (exact) mass is 304 g/mol. The summed E-state index contributed by atoms with van der Waals surface area (Å²) in [7, 11) is 0. The number of rotatable bonds is 6. The van der Waals surface area contributed by atoms with Crippen LogP contribution in [0.5, 0.6) is 5.75 Å². The molecule has 1 aromatic rings. The molecule has 0 saturated carbocycles. The highest BCUT2D eigenvalue weighted by molar-refractivity contribution is 5.81. The third-order valence-corrected chi connectivity index (χ3v) is 4.43. The van der Waals surface area contributed by atoms with Crippen LogP contribution in [0.4, 0.5) is 0 Å². The minimum Gasteiger partial charge on any atom is -0.481 e. The molecule has 0 bridgehead atoms. The average molecular weight is 304 g/mol. The Kier molecular flexibility index (Phi) is 5.83. The second-order valence-corrected chi connectivity index (χ2v) is 6.61. The number of aryl methyl sites for hydroxylation is 1. The molecule has 1 fully saturated rings. The summed E-state index contributed by atoms with van der Waals surface area (Å²) in [6.45, 7) is 9.03. The van der Waals surface area contributed by atoms with E-state index in [2.05, 4.69) is 17.6 Å².